The summed E-state index contributed by atoms with van der Waals surface area (Å²) in [5, 5.41) is 31.4. The predicted octanol–water partition coefficient (Wildman–Crippen LogP) is 3.67. The number of phenolic OH excluding ortho intramolecular Hbond substituents is 2. The number of aromatic amines is 1. The van der Waals surface area contributed by atoms with Crippen LogP contribution in [0.3, 0.4) is 0 Å². The normalized spacial score (nSPS) is 11.0. The van der Waals surface area contributed by atoms with Crippen molar-refractivity contribution in [2.24, 2.45) is 5.10 Å². The van der Waals surface area contributed by atoms with Gasteiger partial charge in [0.2, 0.25) is 0 Å². The number of benzene rings is 3. The predicted molar refractivity (Wildman–Crippen MR) is 133 cm³/mol. The molecule has 9 nitrogen and oxygen atoms in total. The van der Waals surface area contributed by atoms with E-state index in [1.165, 1.54) is 30.1 Å². The molecule has 0 aliphatic heterocycles. The van der Waals surface area contributed by atoms with Crippen LogP contribution in [0.15, 0.2) is 77.0 Å². The minimum Gasteiger partial charge on any atom is -0.504 e. The molecular weight excluding hydrogens is 490 g/mol. The van der Waals surface area contributed by atoms with Crippen LogP contribution >= 0.6 is 23.4 Å². The molecule has 0 spiro atoms. The first-order valence-corrected chi connectivity index (χ1v) is 11.7. The zero-order valence-corrected chi connectivity index (χ0v) is 20.0. The number of nitrogens with one attached hydrogen (secondary N) is 2. The third-order valence-corrected chi connectivity index (χ3v) is 6.05. The molecule has 0 radical (unpaired) electrons. The summed E-state index contributed by atoms with van der Waals surface area (Å²) in [6, 6.07) is 19.1. The third-order valence-electron chi connectivity index (χ3n) is 4.86. The fourth-order valence-electron chi connectivity index (χ4n) is 3.13. The number of aromatic nitrogens is 3. The number of hydrogen-bond donors (Lipinski definition) is 4. The first-order valence-electron chi connectivity index (χ1n) is 10.3. The van der Waals surface area contributed by atoms with Crippen molar-refractivity contribution in [1.82, 2.24) is 15.6 Å². The van der Waals surface area contributed by atoms with Gasteiger partial charge in [-0.2, -0.15) is 9.67 Å². The number of thioether (sulfide) groups is 1. The number of hydrogen-bond acceptors (Lipinski definition) is 7. The molecule has 0 atom stereocenters. The quantitative estimate of drug-likeness (QED) is 0.0942. The summed E-state index contributed by atoms with van der Waals surface area (Å²) in [5.74, 6) is 0.673. The Balaban J connectivity index is 1.51. The average molecular weight is 511 g/mol. The van der Waals surface area contributed by atoms with E-state index in [2.05, 4.69) is 20.7 Å². The Morgan fingerprint density at radius 3 is 2.57 bits per heavy atom. The molecule has 3 aromatic carbocycles. The molecule has 4 N–H and O–H groups in total. The number of nitrogens with zero attached hydrogens (tertiary/aromatic N) is 3. The second-order valence-corrected chi connectivity index (χ2v) is 8.60. The van der Waals surface area contributed by atoms with Gasteiger partial charge in [-0.3, -0.25) is 4.79 Å². The second kappa shape index (κ2) is 10.9. The van der Waals surface area contributed by atoms with Gasteiger partial charge in [0, 0.05) is 5.02 Å². The number of rotatable bonds is 8. The number of methoxy groups -OCH3 is 1. The molecule has 1 aromatic heterocycles. The highest BCUT2D eigenvalue weighted by Crippen LogP contribution is 2.24. The lowest BCUT2D eigenvalue weighted by atomic mass is 10.2. The van der Waals surface area contributed by atoms with Crippen LogP contribution in [0, 0.1) is 0 Å². The molecule has 0 fully saturated rings. The largest absolute Gasteiger partial charge is 0.504 e. The van der Waals surface area contributed by atoms with E-state index in [0.29, 0.717) is 15.7 Å². The van der Waals surface area contributed by atoms with Crippen molar-refractivity contribution in [1.29, 1.82) is 0 Å². The summed E-state index contributed by atoms with van der Waals surface area (Å²) >= 11 is 7.30. The number of carbonyl (C=O) groups is 1. The molecule has 0 aliphatic rings. The van der Waals surface area contributed by atoms with E-state index >= 15 is 0 Å². The standard InChI is InChI=1S/C24H20ClN5O4S/c1-34-19-9-3-16(4-10-19)23-28-29-24(30(23)18-7-5-17(25)6-8-18)35-14-22(33)27-26-13-15-2-11-20(31)21(32)12-15/h2-13H,14H2,1H3,(H3,26,27,31,32,33)/p+1. The van der Waals surface area contributed by atoms with Crippen molar-refractivity contribution in [3.8, 4) is 34.3 Å². The third kappa shape index (κ3) is 5.92. The van der Waals surface area contributed by atoms with Crippen molar-refractivity contribution in [2.45, 2.75) is 5.16 Å². The second-order valence-electron chi connectivity index (χ2n) is 7.23. The van der Waals surface area contributed by atoms with Crippen molar-refractivity contribution in [3.05, 3.63) is 77.3 Å². The number of halogens is 1. The molecule has 4 rings (SSSR count). The van der Waals surface area contributed by atoms with E-state index in [4.69, 9.17) is 16.3 Å². The summed E-state index contributed by atoms with van der Waals surface area (Å²) < 4.78 is 7.15. The van der Waals surface area contributed by atoms with Crippen molar-refractivity contribution in [2.75, 3.05) is 12.9 Å². The van der Waals surface area contributed by atoms with Gasteiger partial charge in [0.15, 0.2) is 11.5 Å². The molecule has 1 amide bonds. The van der Waals surface area contributed by atoms with Gasteiger partial charge in [-0.25, -0.2) is 5.43 Å². The molecule has 178 valence electrons. The number of ether oxygens (including phenoxy) is 1. The first-order chi connectivity index (χ1) is 16.9. The van der Waals surface area contributed by atoms with Gasteiger partial charge in [0.25, 0.3) is 11.7 Å². The van der Waals surface area contributed by atoms with Gasteiger partial charge < -0.3 is 14.9 Å². The fourth-order valence-corrected chi connectivity index (χ4v) is 4.01. The SMILES string of the molecule is COc1ccc(-c2[nH]nc(SCC(=O)N/N=C/c3ccc(O)c(O)c3)[n+]2-c2ccc(Cl)cc2)cc1. The van der Waals surface area contributed by atoms with Crippen LogP contribution in [0.1, 0.15) is 5.56 Å². The van der Waals surface area contributed by atoms with Crippen molar-refractivity contribution >= 4 is 35.5 Å². The van der Waals surface area contributed by atoms with E-state index in [9.17, 15) is 15.0 Å². The molecule has 4 aromatic rings. The van der Waals surface area contributed by atoms with Gasteiger partial charge in [-0.1, -0.05) is 11.6 Å². The number of amides is 1. The summed E-state index contributed by atoms with van der Waals surface area (Å²) in [7, 11) is 1.61. The topological polar surface area (TPSA) is 124 Å². The Labute approximate surface area is 210 Å². The van der Waals surface area contributed by atoms with Crippen LogP contribution in [0.2, 0.25) is 5.02 Å². The highest BCUT2D eigenvalue weighted by atomic mass is 35.5. The van der Waals surface area contributed by atoms with Crippen LogP contribution < -0.4 is 14.7 Å². The zero-order chi connectivity index (χ0) is 24.8. The minimum absolute atomic E-state index is 0.0542. The Morgan fingerprint density at radius 1 is 1.14 bits per heavy atom. The maximum absolute atomic E-state index is 12.4. The molecule has 0 aliphatic carbocycles. The van der Waals surface area contributed by atoms with E-state index in [-0.39, 0.29) is 23.2 Å². The minimum atomic E-state index is -0.342. The molecule has 0 saturated heterocycles. The van der Waals surface area contributed by atoms with E-state index < -0.39 is 0 Å². The lowest BCUT2D eigenvalue weighted by Crippen LogP contribution is -2.34. The number of phenols is 2. The lowest BCUT2D eigenvalue weighted by molar-refractivity contribution is -0.625. The van der Waals surface area contributed by atoms with E-state index in [1.807, 2.05) is 41.0 Å². The van der Waals surface area contributed by atoms with Crippen LogP contribution in [0.25, 0.3) is 17.1 Å². The smallest absolute Gasteiger partial charge is 0.342 e. The first kappa shape index (κ1) is 24.1. The highest BCUT2D eigenvalue weighted by molar-refractivity contribution is 7.99. The van der Waals surface area contributed by atoms with Gasteiger partial charge in [-0.05, 0) is 84.1 Å². The Hall–Kier alpha value is -4.02. The van der Waals surface area contributed by atoms with Crippen molar-refractivity contribution in [3.63, 3.8) is 0 Å². The average Bonchev–Trinajstić information content (AvgIpc) is 3.29. The number of carbonyl (C=O) groups excluding carboxylic acids is 1. The van der Waals surface area contributed by atoms with Gasteiger partial charge in [0.05, 0.1) is 29.7 Å². The Kier molecular flexibility index (Phi) is 7.54. The van der Waals surface area contributed by atoms with Gasteiger partial charge >= 0.3 is 5.16 Å². The maximum Gasteiger partial charge on any atom is 0.342 e. The lowest BCUT2D eigenvalue weighted by Gasteiger charge is -2.05. The molecular formula is C24H21ClN5O4S+. The van der Waals surface area contributed by atoms with Gasteiger partial charge in [-0.15, -0.1) is 5.10 Å². The molecule has 0 unspecified atom stereocenters. The van der Waals surface area contributed by atoms with Crippen LogP contribution in [0.4, 0.5) is 0 Å². The Bertz CT molecular complexity index is 1360. The summed E-state index contributed by atoms with van der Waals surface area (Å²) in [4.78, 5) is 12.4. The number of hydrazone groups is 1. The molecule has 1 heterocycles. The van der Waals surface area contributed by atoms with Crippen molar-refractivity contribution < 1.29 is 24.3 Å². The number of H-pyrrole nitrogens is 1. The van der Waals surface area contributed by atoms with E-state index in [0.717, 1.165) is 22.8 Å². The monoisotopic (exact) mass is 510 g/mol. The summed E-state index contributed by atoms with van der Waals surface area (Å²) in [6.07, 6.45) is 1.37. The summed E-state index contributed by atoms with van der Waals surface area (Å²) in [5.41, 5.74) is 4.66. The van der Waals surface area contributed by atoms with Gasteiger partial charge in [0.1, 0.15) is 11.4 Å². The van der Waals surface area contributed by atoms with Crippen LogP contribution in [-0.2, 0) is 4.79 Å². The maximum atomic E-state index is 12.4. The molecule has 11 heteroatoms. The van der Waals surface area contributed by atoms with Crippen LogP contribution in [-0.4, -0.2) is 45.4 Å². The summed E-state index contributed by atoms with van der Waals surface area (Å²) in [6.45, 7) is 0. The van der Waals surface area contributed by atoms with Crippen LogP contribution in [0.5, 0.6) is 17.2 Å². The number of aromatic hydroxyl groups is 2. The Morgan fingerprint density at radius 2 is 1.89 bits per heavy atom. The van der Waals surface area contributed by atoms with E-state index in [1.54, 1.807) is 25.3 Å². The molecule has 0 saturated carbocycles. The fraction of sp³-hybridized carbons (Fsp3) is 0.0833. The molecule has 0 bridgehead atoms. The molecule has 35 heavy (non-hydrogen) atoms. The zero-order valence-electron chi connectivity index (χ0n) is 18.5. The highest BCUT2D eigenvalue weighted by Gasteiger charge is 2.24.